The predicted octanol–water partition coefficient (Wildman–Crippen LogP) is 5.26. The van der Waals surface area contributed by atoms with E-state index in [0.29, 0.717) is 29.3 Å². The summed E-state index contributed by atoms with van der Waals surface area (Å²) in [5.41, 5.74) is 13.3. The molecule has 4 rings (SSSR count). The summed E-state index contributed by atoms with van der Waals surface area (Å²) < 4.78 is 24.5. The van der Waals surface area contributed by atoms with E-state index in [1.54, 1.807) is 42.5 Å². The Morgan fingerprint density at radius 2 is 1.47 bits per heavy atom. The molecule has 0 aromatic heterocycles. The lowest BCUT2D eigenvalue weighted by atomic mass is 9.82. The summed E-state index contributed by atoms with van der Waals surface area (Å²) in [6.07, 6.45) is 3.30. The molecular weight excluding hydrogens is 509 g/mol. The van der Waals surface area contributed by atoms with Crippen LogP contribution in [0.4, 0.5) is 4.39 Å². The van der Waals surface area contributed by atoms with Crippen molar-refractivity contribution in [2.75, 3.05) is 6.54 Å². The van der Waals surface area contributed by atoms with Crippen molar-refractivity contribution >= 4 is 30.3 Å². The zero-order valence-corrected chi connectivity index (χ0v) is 21.7. The average Bonchev–Trinajstić information content (AvgIpc) is 2.92. The van der Waals surface area contributed by atoms with E-state index < -0.39 is 11.8 Å². The molecule has 200 valence electrons. The fourth-order valence-electron chi connectivity index (χ4n) is 4.37. The van der Waals surface area contributed by atoms with E-state index in [1.807, 2.05) is 24.3 Å². The van der Waals surface area contributed by atoms with Crippen LogP contribution in [0.1, 0.15) is 41.6 Å². The number of hydrogen-bond donors (Lipinski definition) is 2. The fraction of sp³-hybridized carbons (Fsp3) is 0.276. The van der Waals surface area contributed by atoms with Crippen LogP contribution in [0.25, 0.3) is 11.1 Å². The molecule has 7 nitrogen and oxygen atoms in total. The first kappa shape index (κ1) is 28.7. The Kier molecular flexibility index (Phi) is 10.2. The number of nitrogens with two attached hydrogens (primary N) is 2. The lowest BCUT2D eigenvalue weighted by Crippen LogP contribution is -2.28. The van der Waals surface area contributed by atoms with Gasteiger partial charge in [-0.05, 0) is 73.1 Å². The molecule has 0 atom stereocenters. The topological polar surface area (TPSA) is 117 Å². The molecule has 1 aliphatic rings. The van der Waals surface area contributed by atoms with Gasteiger partial charge >= 0.3 is 11.9 Å². The van der Waals surface area contributed by atoms with Crippen molar-refractivity contribution in [1.82, 2.24) is 0 Å². The van der Waals surface area contributed by atoms with E-state index in [2.05, 4.69) is 4.99 Å². The molecule has 0 aliphatic heterocycles. The lowest BCUT2D eigenvalue weighted by molar-refractivity contribution is -0.140. The van der Waals surface area contributed by atoms with Gasteiger partial charge in [-0.1, -0.05) is 42.5 Å². The standard InChI is InChI=1S/C29H30FN3O4.ClH/c30-26-4-2-1-3-24(26)18-36-27(34)22-11-9-20(10-12-22)21-13-15-25(16-14-21)37-28(35)23-7-5-19(6-8-23)17-33-29(31)32;/h1-4,9-16,19,23H,5-8,17-18H2,(H4,31,32,33);1H. The first-order valence-electron chi connectivity index (χ1n) is 12.3. The summed E-state index contributed by atoms with van der Waals surface area (Å²) in [5, 5.41) is 0. The van der Waals surface area contributed by atoms with Crippen molar-refractivity contribution in [1.29, 1.82) is 0 Å². The van der Waals surface area contributed by atoms with Gasteiger partial charge in [0.15, 0.2) is 5.96 Å². The molecule has 1 saturated carbocycles. The number of carbonyl (C=O) groups is 2. The Labute approximate surface area is 227 Å². The number of aliphatic imine (C=N–C) groups is 1. The highest BCUT2D eigenvalue weighted by Gasteiger charge is 2.27. The number of benzene rings is 3. The number of nitrogens with zero attached hydrogens (tertiary/aromatic N) is 1. The Morgan fingerprint density at radius 3 is 2.08 bits per heavy atom. The summed E-state index contributed by atoms with van der Waals surface area (Å²) in [5.74, 6) is -0.295. The summed E-state index contributed by atoms with van der Waals surface area (Å²) in [6.45, 7) is 0.467. The van der Waals surface area contributed by atoms with Crippen LogP contribution < -0.4 is 16.2 Å². The monoisotopic (exact) mass is 539 g/mol. The maximum absolute atomic E-state index is 13.7. The summed E-state index contributed by atoms with van der Waals surface area (Å²) in [7, 11) is 0. The number of guanidine groups is 1. The van der Waals surface area contributed by atoms with Crippen molar-refractivity contribution in [2.45, 2.75) is 32.3 Å². The molecule has 0 unspecified atom stereocenters. The molecule has 9 heteroatoms. The number of ether oxygens (including phenoxy) is 2. The normalized spacial score (nSPS) is 16.6. The third-order valence-electron chi connectivity index (χ3n) is 6.56. The second-order valence-electron chi connectivity index (χ2n) is 9.17. The molecule has 3 aromatic carbocycles. The van der Waals surface area contributed by atoms with Crippen molar-refractivity contribution in [2.24, 2.45) is 28.3 Å². The fourth-order valence-corrected chi connectivity index (χ4v) is 4.37. The highest BCUT2D eigenvalue weighted by Crippen LogP contribution is 2.31. The molecule has 0 heterocycles. The van der Waals surface area contributed by atoms with E-state index in [1.165, 1.54) is 6.07 Å². The quantitative estimate of drug-likeness (QED) is 0.175. The largest absolute Gasteiger partial charge is 0.457 e. The Hall–Kier alpha value is -3.91. The minimum atomic E-state index is -0.526. The van der Waals surface area contributed by atoms with Gasteiger partial charge in [-0.25, -0.2) is 9.18 Å². The zero-order chi connectivity index (χ0) is 26.2. The van der Waals surface area contributed by atoms with Crippen LogP contribution in [0.15, 0.2) is 77.8 Å². The molecule has 4 N–H and O–H groups in total. The molecule has 0 spiro atoms. The SMILES string of the molecule is Cl.NC(N)=NCC1CCC(C(=O)Oc2ccc(-c3ccc(C(=O)OCc4ccccc4F)cc3)cc2)CC1. The molecular formula is C29H31ClFN3O4. The minimum absolute atomic E-state index is 0. The van der Waals surface area contributed by atoms with E-state index in [0.717, 1.165) is 36.8 Å². The molecule has 1 aliphatic carbocycles. The van der Waals surface area contributed by atoms with Crippen molar-refractivity contribution in [3.8, 4) is 16.9 Å². The Balaban J connectivity index is 0.00000400. The van der Waals surface area contributed by atoms with Crippen LogP contribution in [-0.4, -0.2) is 24.4 Å². The summed E-state index contributed by atoms with van der Waals surface area (Å²) in [4.78, 5) is 29.0. The van der Waals surface area contributed by atoms with Gasteiger partial charge in [-0.2, -0.15) is 0 Å². The predicted molar refractivity (Wildman–Crippen MR) is 146 cm³/mol. The van der Waals surface area contributed by atoms with Gasteiger partial charge in [0, 0.05) is 12.1 Å². The maximum Gasteiger partial charge on any atom is 0.338 e. The molecule has 0 amide bonds. The first-order valence-corrected chi connectivity index (χ1v) is 12.3. The van der Waals surface area contributed by atoms with Crippen molar-refractivity contribution in [3.05, 3.63) is 89.7 Å². The third kappa shape index (κ3) is 7.79. The van der Waals surface area contributed by atoms with Gasteiger partial charge in [-0.3, -0.25) is 9.79 Å². The van der Waals surface area contributed by atoms with Crippen LogP contribution in [0, 0.1) is 17.7 Å². The minimum Gasteiger partial charge on any atom is -0.457 e. The van der Waals surface area contributed by atoms with Crippen LogP contribution in [-0.2, 0) is 16.1 Å². The average molecular weight is 540 g/mol. The summed E-state index contributed by atoms with van der Waals surface area (Å²) in [6, 6.07) is 20.4. The lowest BCUT2D eigenvalue weighted by Gasteiger charge is -2.26. The highest BCUT2D eigenvalue weighted by molar-refractivity contribution is 5.90. The molecule has 38 heavy (non-hydrogen) atoms. The highest BCUT2D eigenvalue weighted by atomic mass is 35.5. The second kappa shape index (κ2) is 13.6. The van der Waals surface area contributed by atoms with Crippen LogP contribution >= 0.6 is 12.4 Å². The number of halogens is 2. The molecule has 1 fully saturated rings. The van der Waals surface area contributed by atoms with Gasteiger partial charge in [0.2, 0.25) is 0 Å². The van der Waals surface area contributed by atoms with Gasteiger partial charge in [0.1, 0.15) is 18.2 Å². The third-order valence-corrected chi connectivity index (χ3v) is 6.56. The van der Waals surface area contributed by atoms with Gasteiger partial charge in [0.05, 0.1) is 11.5 Å². The van der Waals surface area contributed by atoms with Crippen molar-refractivity contribution in [3.63, 3.8) is 0 Å². The van der Waals surface area contributed by atoms with Gasteiger partial charge in [0.25, 0.3) is 0 Å². The van der Waals surface area contributed by atoms with E-state index in [4.69, 9.17) is 20.9 Å². The Morgan fingerprint density at radius 1 is 0.868 bits per heavy atom. The second-order valence-corrected chi connectivity index (χ2v) is 9.17. The maximum atomic E-state index is 13.7. The van der Waals surface area contributed by atoms with Crippen LogP contribution in [0.2, 0.25) is 0 Å². The van der Waals surface area contributed by atoms with Crippen LogP contribution in [0.5, 0.6) is 5.75 Å². The molecule has 0 bridgehead atoms. The Bertz CT molecular complexity index is 1250. The molecule has 0 radical (unpaired) electrons. The van der Waals surface area contributed by atoms with Gasteiger partial charge < -0.3 is 20.9 Å². The summed E-state index contributed by atoms with van der Waals surface area (Å²) >= 11 is 0. The van der Waals surface area contributed by atoms with E-state index in [-0.39, 0.29) is 36.9 Å². The first-order chi connectivity index (χ1) is 17.9. The smallest absolute Gasteiger partial charge is 0.338 e. The molecule has 3 aromatic rings. The van der Waals surface area contributed by atoms with E-state index >= 15 is 0 Å². The number of hydrogen-bond acceptors (Lipinski definition) is 5. The molecule has 0 saturated heterocycles. The zero-order valence-electron chi connectivity index (χ0n) is 20.8. The van der Waals surface area contributed by atoms with E-state index in [9.17, 15) is 14.0 Å². The number of carbonyl (C=O) groups excluding carboxylic acids is 2. The number of rotatable bonds is 8. The van der Waals surface area contributed by atoms with Crippen LogP contribution in [0.3, 0.4) is 0 Å². The van der Waals surface area contributed by atoms with Gasteiger partial charge in [-0.15, -0.1) is 12.4 Å². The number of esters is 2. The van der Waals surface area contributed by atoms with Crippen molar-refractivity contribution < 1.29 is 23.5 Å².